The van der Waals surface area contributed by atoms with Gasteiger partial charge in [-0.25, -0.2) is 8.42 Å². The molecule has 6 nitrogen and oxygen atoms in total. The van der Waals surface area contributed by atoms with E-state index < -0.39 is 10.0 Å². The fourth-order valence-corrected chi connectivity index (χ4v) is 3.29. The SMILES string of the molecule is CC(NC(=O)CC1CCCN1)c1ccccc1NS(C)(=O)=O.Cl. The van der Waals surface area contributed by atoms with Gasteiger partial charge in [0.25, 0.3) is 0 Å². The van der Waals surface area contributed by atoms with Crippen molar-refractivity contribution in [2.45, 2.75) is 38.3 Å². The van der Waals surface area contributed by atoms with Crippen LogP contribution in [0.2, 0.25) is 0 Å². The molecule has 0 bridgehead atoms. The average Bonchev–Trinajstić information content (AvgIpc) is 2.90. The molecule has 3 N–H and O–H groups in total. The predicted molar refractivity (Wildman–Crippen MR) is 94.4 cm³/mol. The second kappa shape index (κ2) is 8.52. The van der Waals surface area contributed by atoms with Crippen molar-refractivity contribution >= 4 is 34.0 Å². The first-order chi connectivity index (χ1) is 10.3. The minimum absolute atomic E-state index is 0. The summed E-state index contributed by atoms with van der Waals surface area (Å²) in [5.74, 6) is -0.0268. The highest BCUT2D eigenvalue weighted by atomic mass is 35.5. The van der Waals surface area contributed by atoms with Crippen LogP contribution in [0, 0.1) is 0 Å². The highest BCUT2D eigenvalue weighted by Crippen LogP contribution is 2.23. The van der Waals surface area contributed by atoms with E-state index in [-0.39, 0.29) is 30.4 Å². The Labute approximate surface area is 143 Å². The number of hydrogen-bond donors (Lipinski definition) is 3. The normalized spacial score (nSPS) is 18.8. The van der Waals surface area contributed by atoms with Crippen LogP contribution in [0.15, 0.2) is 24.3 Å². The third-order valence-electron chi connectivity index (χ3n) is 3.69. The Morgan fingerprint density at radius 3 is 2.70 bits per heavy atom. The maximum atomic E-state index is 12.1. The van der Waals surface area contributed by atoms with Gasteiger partial charge in [-0.05, 0) is 37.9 Å². The number of hydrogen-bond acceptors (Lipinski definition) is 4. The first kappa shape index (κ1) is 19.7. The summed E-state index contributed by atoms with van der Waals surface area (Å²) in [5.41, 5.74) is 1.25. The van der Waals surface area contributed by atoms with Gasteiger partial charge in [0, 0.05) is 12.5 Å². The number of benzene rings is 1. The fraction of sp³-hybridized carbons (Fsp3) is 0.533. The molecule has 2 atom stereocenters. The van der Waals surface area contributed by atoms with E-state index in [9.17, 15) is 13.2 Å². The predicted octanol–water partition coefficient (Wildman–Crippen LogP) is 1.80. The summed E-state index contributed by atoms with van der Waals surface area (Å²) in [6, 6.07) is 7.07. The standard InChI is InChI=1S/C15H23N3O3S.ClH/c1-11(17-15(19)10-12-6-5-9-16-12)13-7-3-4-8-14(13)18-22(2,20)21;/h3-4,7-8,11-12,16,18H,5-6,9-10H2,1-2H3,(H,17,19);1H. The van der Waals surface area contributed by atoms with Gasteiger partial charge in [0.2, 0.25) is 15.9 Å². The molecule has 1 aliphatic rings. The number of carbonyl (C=O) groups is 1. The molecule has 1 amide bonds. The number of anilines is 1. The molecule has 1 aliphatic heterocycles. The molecule has 1 aromatic carbocycles. The van der Waals surface area contributed by atoms with Gasteiger partial charge in [-0.2, -0.15) is 0 Å². The van der Waals surface area contributed by atoms with Crippen LogP contribution in [0.3, 0.4) is 0 Å². The van der Waals surface area contributed by atoms with Gasteiger partial charge < -0.3 is 10.6 Å². The van der Waals surface area contributed by atoms with E-state index in [2.05, 4.69) is 15.4 Å². The van der Waals surface area contributed by atoms with Gasteiger partial charge in [-0.15, -0.1) is 12.4 Å². The summed E-state index contributed by atoms with van der Waals surface area (Å²) in [4.78, 5) is 12.1. The first-order valence-electron chi connectivity index (χ1n) is 7.44. The molecule has 1 heterocycles. The van der Waals surface area contributed by atoms with E-state index >= 15 is 0 Å². The van der Waals surface area contributed by atoms with Crippen LogP contribution >= 0.6 is 12.4 Å². The molecule has 1 saturated heterocycles. The number of nitrogens with one attached hydrogen (secondary N) is 3. The van der Waals surface area contributed by atoms with Gasteiger partial charge >= 0.3 is 0 Å². The van der Waals surface area contributed by atoms with Crippen LogP contribution in [0.25, 0.3) is 0 Å². The summed E-state index contributed by atoms with van der Waals surface area (Å²) in [5, 5.41) is 6.23. The van der Waals surface area contributed by atoms with Gasteiger partial charge in [-0.1, -0.05) is 18.2 Å². The largest absolute Gasteiger partial charge is 0.349 e. The molecule has 8 heteroatoms. The summed E-state index contributed by atoms with van der Waals surface area (Å²) in [6.07, 6.45) is 3.69. The van der Waals surface area contributed by atoms with Crippen LogP contribution in [0.5, 0.6) is 0 Å². The Hall–Kier alpha value is -1.31. The van der Waals surface area contributed by atoms with E-state index in [1.54, 1.807) is 12.1 Å². The Balaban J connectivity index is 0.00000264. The lowest BCUT2D eigenvalue weighted by Crippen LogP contribution is -2.33. The Morgan fingerprint density at radius 2 is 2.09 bits per heavy atom. The minimum atomic E-state index is -3.35. The molecule has 0 spiro atoms. The van der Waals surface area contributed by atoms with Crippen molar-refractivity contribution in [3.05, 3.63) is 29.8 Å². The zero-order valence-electron chi connectivity index (χ0n) is 13.3. The lowest BCUT2D eigenvalue weighted by Gasteiger charge is -2.19. The molecule has 0 saturated carbocycles. The average molecular weight is 362 g/mol. The summed E-state index contributed by atoms with van der Waals surface area (Å²) < 4.78 is 25.3. The first-order valence-corrected chi connectivity index (χ1v) is 9.34. The molecule has 0 aromatic heterocycles. The minimum Gasteiger partial charge on any atom is -0.349 e. The molecule has 23 heavy (non-hydrogen) atoms. The molecular formula is C15H24ClN3O3S. The summed E-state index contributed by atoms with van der Waals surface area (Å²) >= 11 is 0. The highest BCUT2D eigenvalue weighted by Gasteiger charge is 2.20. The highest BCUT2D eigenvalue weighted by molar-refractivity contribution is 7.92. The summed E-state index contributed by atoms with van der Waals surface area (Å²) in [6.45, 7) is 2.82. The Kier molecular flexibility index (Phi) is 7.31. The maximum Gasteiger partial charge on any atom is 0.229 e. The molecule has 1 aromatic rings. The fourth-order valence-electron chi connectivity index (χ4n) is 2.70. The van der Waals surface area contributed by atoms with E-state index in [1.807, 2.05) is 19.1 Å². The number of halogens is 1. The van der Waals surface area contributed by atoms with E-state index in [1.165, 1.54) is 0 Å². The van der Waals surface area contributed by atoms with Crippen molar-refractivity contribution in [3.63, 3.8) is 0 Å². The molecule has 1 fully saturated rings. The number of amides is 1. The number of rotatable bonds is 6. The van der Waals surface area contributed by atoms with Crippen LogP contribution in [-0.2, 0) is 14.8 Å². The van der Waals surface area contributed by atoms with Crippen molar-refractivity contribution in [3.8, 4) is 0 Å². The molecule has 2 rings (SSSR count). The number of sulfonamides is 1. The lowest BCUT2D eigenvalue weighted by atomic mass is 10.1. The molecule has 130 valence electrons. The van der Waals surface area contributed by atoms with Gasteiger partial charge in [-0.3, -0.25) is 9.52 Å². The van der Waals surface area contributed by atoms with Crippen molar-refractivity contribution in [2.24, 2.45) is 0 Å². The zero-order chi connectivity index (χ0) is 16.2. The van der Waals surface area contributed by atoms with Crippen molar-refractivity contribution in [2.75, 3.05) is 17.5 Å². The molecule has 0 radical (unpaired) electrons. The third kappa shape index (κ3) is 6.37. The van der Waals surface area contributed by atoms with Crippen LogP contribution in [0.4, 0.5) is 5.69 Å². The van der Waals surface area contributed by atoms with E-state index in [0.717, 1.165) is 31.2 Å². The smallest absolute Gasteiger partial charge is 0.229 e. The van der Waals surface area contributed by atoms with Gasteiger partial charge in [0.1, 0.15) is 0 Å². The maximum absolute atomic E-state index is 12.1. The second-order valence-corrected chi connectivity index (χ2v) is 7.50. The quantitative estimate of drug-likeness (QED) is 0.721. The van der Waals surface area contributed by atoms with Crippen LogP contribution < -0.4 is 15.4 Å². The number of para-hydroxylation sites is 1. The van der Waals surface area contributed by atoms with Crippen molar-refractivity contribution in [1.29, 1.82) is 0 Å². The molecular weight excluding hydrogens is 338 g/mol. The second-order valence-electron chi connectivity index (χ2n) is 5.75. The topological polar surface area (TPSA) is 87.3 Å². The monoisotopic (exact) mass is 361 g/mol. The van der Waals surface area contributed by atoms with E-state index in [0.29, 0.717) is 12.1 Å². The lowest BCUT2D eigenvalue weighted by molar-refractivity contribution is -0.122. The zero-order valence-corrected chi connectivity index (χ0v) is 15.0. The van der Waals surface area contributed by atoms with Crippen molar-refractivity contribution < 1.29 is 13.2 Å². The van der Waals surface area contributed by atoms with Gasteiger partial charge in [0.05, 0.1) is 18.0 Å². The van der Waals surface area contributed by atoms with Crippen LogP contribution in [-0.4, -0.2) is 33.2 Å². The third-order valence-corrected chi connectivity index (χ3v) is 4.29. The Bertz CT molecular complexity index is 631. The van der Waals surface area contributed by atoms with Crippen LogP contribution in [0.1, 0.15) is 37.8 Å². The molecule has 2 unspecified atom stereocenters. The summed E-state index contributed by atoms with van der Waals surface area (Å²) in [7, 11) is -3.35. The van der Waals surface area contributed by atoms with Crippen molar-refractivity contribution in [1.82, 2.24) is 10.6 Å². The van der Waals surface area contributed by atoms with Gasteiger partial charge in [0.15, 0.2) is 0 Å². The Morgan fingerprint density at radius 1 is 1.39 bits per heavy atom. The van der Waals surface area contributed by atoms with E-state index in [4.69, 9.17) is 0 Å². The molecule has 0 aliphatic carbocycles. The number of carbonyl (C=O) groups excluding carboxylic acids is 1.